The molecule has 6 heteroatoms. The topological polar surface area (TPSA) is 80.0 Å². The summed E-state index contributed by atoms with van der Waals surface area (Å²) in [5.74, 6) is -0.361. The second-order valence-electron chi connectivity index (χ2n) is 6.25. The summed E-state index contributed by atoms with van der Waals surface area (Å²) in [5.41, 5.74) is 1.67. The van der Waals surface area contributed by atoms with E-state index in [1.54, 1.807) is 11.0 Å². The fourth-order valence-electron chi connectivity index (χ4n) is 2.72. The van der Waals surface area contributed by atoms with E-state index in [1.807, 2.05) is 39.0 Å². The maximum absolute atomic E-state index is 12.8. The third-order valence-corrected chi connectivity index (χ3v) is 3.96. The first-order valence-electron chi connectivity index (χ1n) is 7.77. The van der Waals surface area contributed by atoms with Crippen LogP contribution in [0.1, 0.15) is 35.7 Å². The van der Waals surface area contributed by atoms with Crippen LogP contribution in [0, 0.1) is 12.8 Å². The van der Waals surface area contributed by atoms with E-state index in [2.05, 4.69) is 0 Å². The molecule has 1 aliphatic heterocycles. The first-order valence-corrected chi connectivity index (χ1v) is 7.77. The number of carboxylic acid groups (broad SMARTS) is 1. The number of fused-ring (bicyclic) bond motifs is 1. The Bertz CT molecular complexity index is 792. The van der Waals surface area contributed by atoms with Gasteiger partial charge in [-0.25, -0.2) is 4.79 Å². The molecule has 1 amide bonds. The van der Waals surface area contributed by atoms with Gasteiger partial charge in [0.1, 0.15) is 11.5 Å². The van der Waals surface area contributed by atoms with Crippen LogP contribution in [-0.2, 0) is 11.3 Å². The Hall–Kier alpha value is -2.76. The largest absolute Gasteiger partial charge is 0.478 e. The molecule has 24 heavy (non-hydrogen) atoms. The lowest BCUT2D eigenvalue weighted by Crippen LogP contribution is -2.48. The molecule has 2 aromatic rings. The zero-order valence-electron chi connectivity index (χ0n) is 13.8. The number of carboxylic acids is 1. The Morgan fingerprint density at radius 3 is 2.67 bits per heavy atom. The van der Waals surface area contributed by atoms with Crippen LogP contribution in [0.3, 0.4) is 0 Å². The molecule has 0 fully saturated rings. The van der Waals surface area contributed by atoms with Gasteiger partial charge in [0.15, 0.2) is 6.10 Å². The van der Waals surface area contributed by atoms with Gasteiger partial charge in [0.05, 0.1) is 12.2 Å². The van der Waals surface area contributed by atoms with Gasteiger partial charge in [-0.2, -0.15) is 0 Å². The van der Waals surface area contributed by atoms with Crippen molar-refractivity contribution < 1.29 is 23.8 Å². The monoisotopic (exact) mass is 329 g/mol. The maximum atomic E-state index is 12.8. The van der Waals surface area contributed by atoms with Gasteiger partial charge in [0, 0.05) is 0 Å². The van der Waals surface area contributed by atoms with Gasteiger partial charge in [0.2, 0.25) is 5.76 Å². The van der Waals surface area contributed by atoms with Gasteiger partial charge in [-0.15, -0.1) is 0 Å². The van der Waals surface area contributed by atoms with E-state index < -0.39 is 12.1 Å². The Morgan fingerprint density at radius 2 is 2.04 bits per heavy atom. The fraction of sp³-hybridized carbons (Fsp3) is 0.333. The number of furan rings is 1. The zero-order chi connectivity index (χ0) is 17.4. The summed E-state index contributed by atoms with van der Waals surface area (Å²) in [6, 6.07) is 8.63. The third-order valence-electron chi connectivity index (χ3n) is 3.96. The molecule has 1 aliphatic rings. The van der Waals surface area contributed by atoms with E-state index in [9.17, 15) is 9.59 Å². The van der Waals surface area contributed by atoms with Crippen molar-refractivity contribution in [3.63, 3.8) is 0 Å². The molecule has 1 unspecified atom stereocenters. The van der Waals surface area contributed by atoms with Crippen LogP contribution < -0.4 is 9.64 Å². The van der Waals surface area contributed by atoms with Crippen molar-refractivity contribution in [2.24, 2.45) is 5.92 Å². The van der Waals surface area contributed by atoms with Crippen molar-refractivity contribution in [2.75, 3.05) is 4.90 Å². The molecule has 1 aromatic heterocycles. The van der Waals surface area contributed by atoms with Crippen LogP contribution in [0.2, 0.25) is 0 Å². The Kier molecular flexibility index (Phi) is 4.05. The zero-order valence-corrected chi connectivity index (χ0v) is 13.8. The normalized spacial score (nSPS) is 16.9. The third kappa shape index (κ3) is 2.87. The van der Waals surface area contributed by atoms with Crippen molar-refractivity contribution in [1.29, 1.82) is 0 Å². The van der Waals surface area contributed by atoms with E-state index in [1.165, 1.54) is 6.07 Å². The molecule has 0 spiro atoms. The summed E-state index contributed by atoms with van der Waals surface area (Å²) in [5, 5.41) is 8.97. The Balaban J connectivity index is 1.98. The second kappa shape index (κ2) is 6.03. The van der Waals surface area contributed by atoms with Gasteiger partial charge in [-0.05, 0) is 42.7 Å². The van der Waals surface area contributed by atoms with Crippen LogP contribution in [0.25, 0.3) is 0 Å². The van der Waals surface area contributed by atoms with E-state index >= 15 is 0 Å². The molecule has 2 heterocycles. The number of aromatic carboxylic acids is 1. The molecule has 0 saturated carbocycles. The quantitative estimate of drug-likeness (QED) is 0.931. The standard InChI is InChI=1S/C18H19NO5/c1-10(2)16-17(20)19(9-12-5-7-15(23-12)18(21)22)13-8-11(3)4-6-14(13)24-16/h4-8,10,16H,9H2,1-3H3,(H,21,22). The van der Waals surface area contributed by atoms with Crippen LogP contribution in [-0.4, -0.2) is 23.1 Å². The van der Waals surface area contributed by atoms with E-state index in [-0.39, 0.29) is 24.1 Å². The number of aryl methyl sites for hydroxylation is 1. The molecule has 0 saturated heterocycles. The minimum absolute atomic E-state index is 0.0145. The van der Waals surface area contributed by atoms with Gasteiger partial charge in [-0.3, -0.25) is 9.69 Å². The molecule has 1 aromatic carbocycles. The highest BCUT2D eigenvalue weighted by Crippen LogP contribution is 2.37. The van der Waals surface area contributed by atoms with Gasteiger partial charge in [0.25, 0.3) is 5.91 Å². The number of ether oxygens (including phenoxy) is 1. The number of carbonyl (C=O) groups is 2. The minimum Gasteiger partial charge on any atom is -0.478 e. The number of hydrogen-bond acceptors (Lipinski definition) is 4. The van der Waals surface area contributed by atoms with E-state index in [4.69, 9.17) is 14.3 Å². The van der Waals surface area contributed by atoms with Crippen molar-refractivity contribution in [3.8, 4) is 5.75 Å². The number of anilines is 1. The number of carbonyl (C=O) groups excluding carboxylic acids is 1. The molecule has 3 rings (SSSR count). The Labute approximate surface area is 139 Å². The smallest absolute Gasteiger partial charge is 0.371 e. The lowest BCUT2D eigenvalue weighted by Gasteiger charge is -2.35. The first-order chi connectivity index (χ1) is 11.4. The number of benzene rings is 1. The Morgan fingerprint density at radius 1 is 1.29 bits per heavy atom. The molecular weight excluding hydrogens is 310 g/mol. The van der Waals surface area contributed by atoms with Crippen LogP contribution >= 0.6 is 0 Å². The van der Waals surface area contributed by atoms with Crippen molar-refractivity contribution in [3.05, 3.63) is 47.4 Å². The highest BCUT2D eigenvalue weighted by Gasteiger charge is 2.36. The van der Waals surface area contributed by atoms with Crippen molar-refractivity contribution in [1.82, 2.24) is 0 Å². The number of nitrogens with zero attached hydrogens (tertiary/aromatic N) is 1. The predicted molar refractivity (Wildman–Crippen MR) is 87.3 cm³/mol. The highest BCUT2D eigenvalue weighted by molar-refractivity contribution is 6.00. The van der Waals surface area contributed by atoms with E-state index in [0.29, 0.717) is 17.2 Å². The molecule has 126 valence electrons. The lowest BCUT2D eigenvalue weighted by molar-refractivity contribution is -0.128. The average Bonchev–Trinajstić information content (AvgIpc) is 2.98. The molecule has 0 radical (unpaired) electrons. The summed E-state index contributed by atoms with van der Waals surface area (Å²) in [6.07, 6.45) is -0.575. The highest BCUT2D eigenvalue weighted by atomic mass is 16.5. The summed E-state index contributed by atoms with van der Waals surface area (Å²) < 4.78 is 11.2. The van der Waals surface area contributed by atoms with Gasteiger partial charge in [-0.1, -0.05) is 19.9 Å². The minimum atomic E-state index is -1.13. The predicted octanol–water partition coefficient (Wildman–Crippen LogP) is 3.24. The summed E-state index contributed by atoms with van der Waals surface area (Å²) in [6.45, 7) is 5.95. The second-order valence-corrected chi connectivity index (χ2v) is 6.25. The van der Waals surface area contributed by atoms with Crippen molar-refractivity contribution in [2.45, 2.75) is 33.4 Å². The SMILES string of the molecule is Cc1ccc2c(c1)N(Cc1ccc(C(=O)O)o1)C(=O)C(C(C)C)O2. The fourth-order valence-corrected chi connectivity index (χ4v) is 2.72. The van der Waals surface area contributed by atoms with Gasteiger partial charge >= 0.3 is 5.97 Å². The number of amides is 1. The molecule has 1 N–H and O–H groups in total. The van der Waals surface area contributed by atoms with Crippen molar-refractivity contribution >= 4 is 17.6 Å². The van der Waals surface area contributed by atoms with Gasteiger partial charge < -0.3 is 14.3 Å². The van der Waals surface area contributed by atoms with Crippen LogP contribution in [0.15, 0.2) is 34.7 Å². The number of rotatable bonds is 4. The summed E-state index contributed by atoms with van der Waals surface area (Å²) in [4.78, 5) is 25.4. The molecular formula is C18H19NO5. The number of hydrogen-bond donors (Lipinski definition) is 1. The van der Waals surface area contributed by atoms with E-state index in [0.717, 1.165) is 5.56 Å². The maximum Gasteiger partial charge on any atom is 0.371 e. The summed E-state index contributed by atoms with van der Waals surface area (Å²) >= 11 is 0. The molecule has 0 bridgehead atoms. The summed E-state index contributed by atoms with van der Waals surface area (Å²) in [7, 11) is 0. The van der Waals surface area contributed by atoms with Crippen LogP contribution in [0.4, 0.5) is 5.69 Å². The molecule has 6 nitrogen and oxygen atoms in total. The lowest BCUT2D eigenvalue weighted by atomic mass is 10.0. The van der Waals surface area contributed by atoms with Crippen LogP contribution in [0.5, 0.6) is 5.75 Å². The average molecular weight is 329 g/mol. The molecule has 1 atom stereocenters. The molecule has 0 aliphatic carbocycles. The first kappa shape index (κ1) is 16.1.